The Morgan fingerprint density at radius 2 is 2.14 bits per heavy atom. The molecule has 2 nitrogen and oxygen atoms in total. The summed E-state index contributed by atoms with van der Waals surface area (Å²) >= 11 is 0. The van der Waals surface area contributed by atoms with Gasteiger partial charge in [-0.2, -0.15) is 0 Å². The van der Waals surface area contributed by atoms with E-state index < -0.39 is 5.41 Å². The summed E-state index contributed by atoms with van der Waals surface area (Å²) < 4.78 is 0. The van der Waals surface area contributed by atoms with E-state index in [2.05, 4.69) is 13.8 Å². The molecule has 2 heteroatoms. The average Bonchev–Trinajstić information content (AvgIpc) is 2.28. The van der Waals surface area contributed by atoms with Crippen LogP contribution in [0, 0.1) is 23.2 Å². The van der Waals surface area contributed by atoms with Crippen LogP contribution in [-0.4, -0.2) is 17.0 Å². The molecule has 4 atom stereocenters. The van der Waals surface area contributed by atoms with E-state index in [1.807, 2.05) is 6.92 Å². The Labute approximate surface area is 85.7 Å². The van der Waals surface area contributed by atoms with E-state index in [1.165, 1.54) is 0 Å². The molecule has 1 N–H and O–H groups in total. The van der Waals surface area contributed by atoms with Gasteiger partial charge < -0.3 is 5.11 Å². The molecule has 1 unspecified atom stereocenters. The Kier molecular flexibility index (Phi) is 2.22. The van der Waals surface area contributed by atoms with E-state index in [4.69, 9.17) is 0 Å². The average molecular weight is 196 g/mol. The predicted octanol–water partition coefficient (Wildman–Crippen LogP) is 2.01. The van der Waals surface area contributed by atoms with Crippen LogP contribution in [-0.2, 0) is 4.79 Å². The van der Waals surface area contributed by atoms with Gasteiger partial charge in [0, 0.05) is 5.92 Å². The highest BCUT2D eigenvalue weighted by molar-refractivity contribution is 5.90. The van der Waals surface area contributed by atoms with Gasteiger partial charge in [-0.3, -0.25) is 4.79 Å². The van der Waals surface area contributed by atoms with Crippen molar-refractivity contribution in [1.82, 2.24) is 0 Å². The molecule has 0 amide bonds. The van der Waals surface area contributed by atoms with Gasteiger partial charge in [0.25, 0.3) is 0 Å². The number of ketones is 1. The smallest absolute Gasteiger partial charge is 0.144 e. The number of hydrogen-bond acceptors (Lipinski definition) is 2. The van der Waals surface area contributed by atoms with E-state index in [-0.39, 0.29) is 12.0 Å². The Bertz CT molecular complexity index is 259. The van der Waals surface area contributed by atoms with Crippen molar-refractivity contribution < 1.29 is 9.90 Å². The molecular weight excluding hydrogens is 176 g/mol. The SMILES string of the molecule is CC(C)[C@H]1CC[C@@]2(C)C(=O)[C@@H]1CC2O. The van der Waals surface area contributed by atoms with Gasteiger partial charge in [-0.15, -0.1) is 0 Å². The van der Waals surface area contributed by atoms with E-state index in [0.717, 1.165) is 12.8 Å². The van der Waals surface area contributed by atoms with Gasteiger partial charge in [-0.05, 0) is 31.1 Å². The second-order valence-electron chi connectivity index (χ2n) is 5.59. The number of aliphatic hydroxyl groups is 1. The number of carbonyl (C=O) groups is 1. The van der Waals surface area contributed by atoms with Gasteiger partial charge in [0.1, 0.15) is 5.78 Å². The lowest BCUT2D eigenvalue weighted by Crippen LogP contribution is -2.40. The summed E-state index contributed by atoms with van der Waals surface area (Å²) in [6, 6.07) is 0. The molecule has 2 rings (SSSR count). The third kappa shape index (κ3) is 1.16. The summed E-state index contributed by atoms with van der Waals surface area (Å²) in [5, 5.41) is 9.91. The molecule has 2 bridgehead atoms. The maximum absolute atomic E-state index is 12.1. The fourth-order valence-electron chi connectivity index (χ4n) is 3.32. The van der Waals surface area contributed by atoms with Gasteiger partial charge in [-0.25, -0.2) is 0 Å². The molecule has 0 aromatic rings. The van der Waals surface area contributed by atoms with Crippen molar-refractivity contribution in [2.45, 2.75) is 46.1 Å². The van der Waals surface area contributed by atoms with Gasteiger partial charge in [-0.1, -0.05) is 20.8 Å². The molecule has 0 aromatic carbocycles. The molecule has 0 aromatic heterocycles. The molecule has 2 aliphatic carbocycles. The first-order valence-corrected chi connectivity index (χ1v) is 5.69. The van der Waals surface area contributed by atoms with E-state index in [9.17, 15) is 9.90 Å². The van der Waals surface area contributed by atoms with E-state index in [0.29, 0.717) is 24.0 Å². The lowest BCUT2D eigenvalue weighted by atomic mass is 9.68. The first-order chi connectivity index (χ1) is 6.47. The molecule has 0 aliphatic heterocycles. The highest BCUT2D eigenvalue weighted by Crippen LogP contribution is 2.52. The van der Waals surface area contributed by atoms with Crippen LogP contribution in [0.3, 0.4) is 0 Å². The van der Waals surface area contributed by atoms with Crippen LogP contribution in [0.15, 0.2) is 0 Å². The predicted molar refractivity (Wildman–Crippen MR) is 54.8 cm³/mol. The Hall–Kier alpha value is -0.370. The van der Waals surface area contributed by atoms with Crippen LogP contribution in [0.2, 0.25) is 0 Å². The lowest BCUT2D eigenvalue weighted by Gasteiger charge is -2.35. The topological polar surface area (TPSA) is 37.3 Å². The molecule has 0 spiro atoms. The monoisotopic (exact) mass is 196 g/mol. The quantitative estimate of drug-likeness (QED) is 0.696. The van der Waals surface area contributed by atoms with Crippen LogP contribution >= 0.6 is 0 Å². The third-order valence-electron chi connectivity index (χ3n) is 4.48. The van der Waals surface area contributed by atoms with E-state index in [1.54, 1.807) is 0 Å². The van der Waals surface area contributed by atoms with Crippen LogP contribution in [0.1, 0.15) is 40.0 Å². The standard InChI is InChI=1S/C12H20O2/c1-7(2)8-4-5-12(3)10(13)6-9(8)11(12)14/h7-10,13H,4-6H2,1-3H3/t8-,9-,10?,12-/m1/s1. The molecule has 0 radical (unpaired) electrons. The summed E-state index contributed by atoms with van der Waals surface area (Å²) in [7, 11) is 0. The van der Waals surface area contributed by atoms with Gasteiger partial charge >= 0.3 is 0 Å². The van der Waals surface area contributed by atoms with Crippen molar-refractivity contribution in [3.05, 3.63) is 0 Å². The zero-order valence-corrected chi connectivity index (χ0v) is 9.29. The van der Waals surface area contributed by atoms with E-state index >= 15 is 0 Å². The fraction of sp³-hybridized carbons (Fsp3) is 0.917. The van der Waals surface area contributed by atoms with Crippen molar-refractivity contribution >= 4 is 5.78 Å². The Morgan fingerprint density at radius 1 is 1.50 bits per heavy atom. The first kappa shape index (κ1) is 10.2. The Morgan fingerprint density at radius 3 is 2.71 bits per heavy atom. The highest BCUT2D eigenvalue weighted by atomic mass is 16.3. The van der Waals surface area contributed by atoms with Crippen molar-refractivity contribution in [1.29, 1.82) is 0 Å². The second kappa shape index (κ2) is 3.06. The van der Waals surface area contributed by atoms with Crippen molar-refractivity contribution in [3.8, 4) is 0 Å². The van der Waals surface area contributed by atoms with Crippen molar-refractivity contribution in [2.24, 2.45) is 23.2 Å². The summed E-state index contributed by atoms with van der Waals surface area (Å²) in [6.45, 7) is 6.31. The number of rotatable bonds is 1. The zero-order chi connectivity index (χ0) is 10.5. The van der Waals surface area contributed by atoms with Crippen LogP contribution in [0.5, 0.6) is 0 Å². The van der Waals surface area contributed by atoms with Gasteiger partial charge in [0.15, 0.2) is 0 Å². The normalized spacial score (nSPS) is 47.5. The number of carbonyl (C=O) groups excluding carboxylic acids is 1. The Balaban J connectivity index is 2.27. The lowest BCUT2D eigenvalue weighted by molar-refractivity contribution is -0.136. The molecule has 0 heterocycles. The molecule has 80 valence electrons. The van der Waals surface area contributed by atoms with Crippen LogP contribution in [0.4, 0.5) is 0 Å². The van der Waals surface area contributed by atoms with Crippen LogP contribution < -0.4 is 0 Å². The zero-order valence-electron chi connectivity index (χ0n) is 9.29. The fourth-order valence-corrected chi connectivity index (χ4v) is 3.32. The molecule has 14 heavy (non-hydrogen) atoms. The summed E-state index contributed by atoms with van der Waals surface area (Å²) in [5.74, 6) is 1.55. The summed E-state index contributed by atoms with van der Waals surface area (Å²) in [6.07, 6.45) is 2.32. The number of Topliss-reactive ketones (excluding diaryl/α,β-unsaturated/α-hetero) is 1. The highest BCUT2D eigenvalue weighted by Gasteiger charge is 2.56. The minimum Gasteiger partial charge on any atom is -0.392 e. The minimum absolute atomic E-state index is 0.142. The van der Waals surface area contributed by atoms with Crippen molar-refractivity contribution in [2.75, 3.05) is 0 Å². The third-order valence-corrected chi connectivity index (χ3v) is 4.48. The number of fused-ring (bicyclic) bond motifs is 2. The second-order valence-corrected chi connectivity index (χ2v) is 5.59. The molecule has 2 fully saturated rings. The number of hydrogen-bond donors (Lipinski definition) is 1. The molecule has 2 saturated carbocycles. The minimum atomic E-state index is -0.407. The maximum Gasteiger partial charge on any atom is 0.144 e. The van der Waals surface area contributed by atoms with Crippen molar-refractivity contribution in [3.63, 3.8) is 0 Å². The number of aliphatic hydroxyl groups excluding tert-OH is 1. The van der Waals surface area contributed by atoms with Gasteiger partial charge in [0.05, 0.1) is 11.5 Å². The summed E-state index contributed by atoms with van der Waals surface area (Å²) in [4.78, 5) is 12.1. The first-order valence-electron chi connectivity index (χ1n) is 5.69. The van der Waals surface area contributed by atoms with Crippen LogP contribution in [0.25, 0.3) is 0 Å². The molecule has 2 aliphatic rings. The van der Waals surface area contributed by atoms with Gasteiger partial charge in [0.2, 0.25) is 0 Å². The molecular formula is C12H20O2. The maximum atomic E-state index is 12.1. The largest absolute Gasteiger partial charge is 0.392 e. The molecule has 0 saturated heterocycles. The summed E-state index contributed by atoms with van der Waals surface area (Å²) in [5.41, 5.74) is -0.407.